The van der Waals surface area contributed by atoms with Crippen molar-refractivity contribution in [3.05, 3.63) is 11.0 Å². The lowest BCUT2D eigenvalue weighted by molar-refractivity contribution is 0.399. The minimum atomic E-state index is 1.00. The Bertz CT molecular complexity index is 88.9. The highest BCUT2D eigenvalue weighted by Crippen LogP contribution is 2.18. The first-order chi connectivity index (χ1) is 4.39. The van der Waals surface area contributed by atoms with Crippen LogP contribution in [0.4, 0.5) is 0 Å². The summed E-state index contributed by atoms with van der Waals surface area (Å²) >= 11 is 4.22. The van der Waals surface area contributed by atoms with Crippen LogP contribution in [0, 0.1) is 0 Å². The number of aliphatic hydroxyl groups excluding tert-OH is 1. The van der Waals surface area contributed by atoms with Crippen molar-refractivity contribution >= 4 is 12.6 Å². The lowest BCUT2D eigenvalue weighted by Crippen LogP contribution is -1.83. The van der Waals surface area contributed by atoms with Gasteiger partial charge in [-0.1, -0.05) is 6.08 Å². The summed E-state index contributed by atoms with van der Waals surface area (Å²) in [6.45, 7) is 0. The Balaban J connectivity index is 0.000000291. The predicted octanol–water partition coefficient (Wildman–Crippen LogP) is 1.98. The maximum Gasteiger partial charge on any atom is 0.0319 e. The van der Waals surface area contributed by atoms with E-state index in [0.717, 1.165) is 7.11 Å². The molecule has 54 valence electrons. The van der Waals surface area contributed by atoms with Gasteiger partial charge in [-0.3, -0.25) is 0 Å². The van der Waals surface area contributed by atoms with Crippen molar-refractivity contribution in [3.8, 4) is 0 Å². The number of rotatable bonds is 0. The van der Waals surface area contributed by atoms with E-state index in [4.69, 9.17) is 5.11 Å². The Hall–Kier alpha value is 0.0500. The van der Waals surface area contributed by atoms with Gasteiger partial charge in [-0.15, -0.1) is 12.6 Å². The van der Waals surface area contributed by atoms with E-state index in [1.54, 1.807) is 0 Å². The first-order valence-corrected chi connectivity index (χ1v) is 3.67. The van der Waals surface area contributed by atoms with Crippen LogP contribution in [-0.4, -0.2) is 12.2 Å². The highest BCUT2D eigenvalue weighted by molar-refractivity contribution is 7.84. The van der Waals surface area contributed by atoms with E-state index >= 15 is 0 Å². The fraction of sp³-hybridized carbons (Fsp3) is 0.714. The molecular weight excluding hydrogens is 132 g/mol. The number of aliphatic hydroxyl groups is 1. The zero-order valence-corrected chi connectivity index (χ0v) is 6.69. The lowest BCUT2D eigenvalue weighted by Gasteiger charge is -2.04. The smallest absolute Gasteiger partial charge is 0.0319 e. The van der Waals surface area contributed by atoms with Crippen molar-refractivity contribution in [2.45, 2.75) is 25.7 Å². The van der Waals surface area contributed by atoms with Gasteiger partial charge in [-0.25, -0.2) is 0 Å². The third-order valence-electron chi connectivity index (χ3n) is 1.27. The molecule has 1 aliphatic carbocycles. The van der Waals surface area contributed by atoms with Gasteiger partial charge in [0, 0.05) is 7.11 Å². The molecule has 0 fully saturated rings. The van der Waals surface area contributed by atoms with Crippen molar-refractivity contribution in [3.63, 3.8) is 0 Å². The molecule has 0 spiro atoms. The van der Waals surface area contributed by atoms with Gasteiger partial charge >= 0.3 is 0 Å². The highest BCUT2D eigenvalue weighted by Gasteiger charge is 1.96. The Morgan fingerprint density at radius 1 is 1.44 bits per heavy atom. The summed E-state index contributed by atoms with van der Waals surface area (Å²) in [5, 5.41) is 7.00. The normalized spacial score (nSPS) is 17.4. The van der Waals surface area contributed by atoms with Crippen LogP contribution in [-0.2, 0) is 0 Å². The molecule has 0 atom stereocenters. The van der Waals surface area contributed by atoms with Gasteiger partial charge in [0.25, 0.3) is 0 Å². The van der Waals surface area contributed by atoms with Crippen LogP contribution in [0.3, 0.4) is 0 Å². The Kier molecular flexibility index (Phi) is 6.21. The summed E-state index contributed by atoms with van der Waals surface area (Å²) in [5.41, 5.74) is 0. The van der Waals surface area contributed by atoms with Crippen molar-refractivity contribution in [2.75, 3.05) is 7.11 Å². The van der Waals surface area contributed by atoms with Gasteiger partial charge in [0.1, 0.15) is 0 Å². The summed E-state index contributed by atoms with van der Waals surface area (Å²) in [6, 6.07) is 0. The molecule has 1 aliphatic rings. The van der Waals surface area contributed by atoms with Crippen molar-refractivity contribution in [2.24, 2.45) is 0 Å². The van der Waals surface area contributed by atoms with Crippen molar-refractivity contribution < 1.29 is 5.11 Å². The van der Waals surface area contributed by atoms with E-state index < -0.39 is 0 Å². The maximum atomic E-state index is 7.00. The summed E-state index contributed by atoms with van der Waals surface area (Å²) in [6.07, 6.45) is 7.38. The number of thiol groups is 1. The fourth-order valence-corrected chi connectivity index (χ4v) is 1.11. The average molecular weight is 146 g/mol. The molecule has 0 amide bonds. The number of hydrogen-bond donors (Lipinski definition) is 2. The topological polar surface area (TPSA) is 20.2 Å². The van der Waals surface area contributed by atoms with Gasteiger partial charge in [-0.2, -0.15) is 0 Å². The summed E-state index contributed by atoms with van der Waals surface area (Å²) in [5.74, 6) is 0. The van der Waals surface area contributed by atoms with E-state index in [-0.39, 0.29) is 0 Å². The van der Waals surface area contributed by atoms with E-state index in [2.05, 4.69) is 18.7 Å². The van der Waals surface area contributed by atoms with Gasteiger partial charge in [0.05, 0.1) is 0 Å². The second-order valence-corrected chi connectivity index (χ2v) is 2.52. The second-order valence-electron chi connectivity index (χ2n) is 1.94. The molecule has 1 rings (SSSR count). The standard InChI is InChI=1S/C6H10S.CH4O/c7-6-4-2-1-3-5-6;1-2/h4,7H,1-3,5H2;2H,1H3. The molecular formula is C7H14OS. The SMILES string of the molecule is CO.SC1=CCCCC1. The quantitative estimate of drug-likeness (QED) is 0.501. The zero-order chi connectivity index (χ0) is 7.11. The maximum absolute atomic E-state index is 7.00. The Morgan fingerprint density at radius 2 is 2.11 bits per heavy atom. The Labute approximate surface area is 62.2 Å². The predicted molar refractivity (Wildman–Crippen MR) is 43.7 cm³/mol. The zero-order valence-electron chi connectivity index (χ0n) is 5.80. The molecule has 0 bridgehead atoms. The monoisotopic (exact) mass is 146 g/mol. The molecule has 0 radical (unpaired) electrons. The molecule has 9 heavy (non-hydrogen) atoms. The van der Waals surface area contributed by atoms with Crippen LogP contribution in [0.2, 0.25) is 0 Å². The van der Waals surface area contributed by atoms with Gasteiger partial charge in [0.2, 0.25) is 0 Å². The molecule has 0 saturated heterocycles. The minimum absolute atomic E-state index is 1.00. The average Bonchev–Trinajstić information content (AvgIpc) is 1.94. The van der Waals surface area contributed by atoms with Crippen LogP contribution < -0.4 is 0 Å². The van der Waals surface area contributed by atoms with Crippen LogP contribution >= 0.6 is 12.6 Å². The molecule has 0 aliphatic heterocycles. The first-order valence-electron chi connectivity index (χ1n) is 3.22. The Morgan fingerprint density at radius 3 is 2.33 bits per heavy atom. The van der Waals surface area contributed by atoms with Gasteiger partial charge in [-0.05, 0) is 30.6 Å². The van der Waals surface area contributed by atoms with Gasteiger partial charge in [0.15, 0.2) is 0 Å². The fourth-order valence-electron chi connectivity index (χ4n) is 0.821. The van der Waals surface area contributed by atoms with Gasteiger partial charge < -0.3 is 5.11 Å². The molecule has 2 heteroatoms. The number of hydrogen-bond acceptors (Lipinski definition) is 2. The van der Waals surface area contributed by atoms with E-state index in [1.165, 1.54) is 30.6 Å². The summed E-state index contributed by atoms with van der Waals surface area (Å²) < 4.78 is 0. The summed E-state index contributed by atoms with van der Waals surface area (Å²) in [4.78, 5) is 1.28. The highest BCUT2D eigenvalue weighted by atomic mass is 32.1. The van der Waals surface area contributed by atoms with Crippen LogP contribution in [0.5, 0.6) is 0 Å². The van der Waals surface area contributed by atoms with Crippen molar-refractivity contribution in [1.29, 1.82) is 0 Å². The van der Waals surface area contributed by atoms with Crippen LogP contribution in [0.1, 0.15) is 25.7 Å². The number of allylic oxidation sites excluding steroid dienone is 2. The van der Waals surface area contributed by atoms with E-state index in [1.807, 2.05) is 0 Å². The molecule has 0 heterocycles. The minimum Gasteiger partial charge on any atom is -0.400 e. The second kappa shape index (κ2) is 6.17. The summed E-state index contributed by atoms with van der Waals surface area (Å²) in [7, 11) is 1.00. The molecule has 0 aromatic heterocycles. The molecule has 0 saturated carbocycles. The van der Waals surface area contributed by atoms with Crippen LogP contribution in [0.15, 0.2) is 11.0 Å². The lowest BCUT2D eigenvalue weighted by atomic mass is 10.1. The molecule has 0 unspecified atom stereocenters. The van der Waals surface area contributed by atoms with E-state index in [0.29, 0.717) is 0 Å². The largest absolute Gasteiger partial charge is 0.400 e. The third kappa shape index (κ3) is 4.55. The molecule has 1 nitrogen and oxygen atoms in total. The van der Waals surface area contributed by atoms with Crippen molar-refractivity contribution in [1.82, 2.24) is 0 Å². The molecule has 0 aromatic rings. The first kappa shape index (κ1) is 9.05. The van der Waals surface area contributed by atoms with E-state index in [9.17, 15) is 0 Å². The molecule has 1 N–H and O–H groups in total. The van der Waals surface area contributed by atoms with Crippen LogP contribution in [0.25, 0.3) is 0 Å². The molecule has 0 aromatic carbocycles. The third-order valence-corrected chi connectivity index (χ3v) is 1.67.